The Balaban J connectivity index is 1.49. The van der Waals surface area contributed by atoms with Gasteiger partial charge in [-0.15, -0.1) is 0 Å². The average Bonchev–Trinajstić information content (AvgIpc) is 2.64. The zero-order chi connectivity index (χ0) is 17.6. The van der Waals surface area contributed by atoms with E-state index in [0.29, 0.717) is 6.54 Å². The topological polar surface area (TPSA) is 58.2 Å². The van der Waals surface area contributed by atoms with Crippen molar-refractivity contribution in [1.82, 2.24) is 10.6 Å². The molecule has 130 valence electrons. The number of nitrogens with one attached hydrogen (secondary N) is 2. The third kappa shape index (κ3) is 4.05. The minimum atomic E-state index is -0.553. The van der Waals surface area contributed by atoms with Crippen LogP contribution in [-0.2, 0) is 11.2 Å². The Labute approximate surface area is 146 Å². The highest BCUT2D eigenvalue weighted by Crippen LogP contribution is 2.31. The molecule has 0 unspecified atom stereocenters. The Morgan fingerprint density at radius 3 is 2.56 bits per heavy atom. The summed E-state index contributed by atoms with van der Waals surface area (Å²) in [6.07, 6.45) is 2.85. The van der Waals surface area contributed by atoms with Crippen LogP contribution in [0, 0.1) is 5.82 Å². The zero-order valence-corrected chi connectivity index (χ0v) is 13.9. The predicted octanol–water partition coefficient (Wildman–Crippen LogP) is 2.79. The molecule has 2 N–H and O–H groups in total. The molecule has 0 bridgehead atoms. The van der Waals surface area contributed by atoms with Crippen LogP contribution >= 0.6 is 0 Å². The van der Waals surface area contributed by atoms with Crippen LogP contribution in [0.25, 0.3) is 0 Å². The van der Waals surface area contributed by atoms with Gasteiger partial charge in [-0.2, -0.15) is 0 Å². The van der Waals surface area contributed by atoms with E-state index in [2.05, 4.69) is 16.7 Å². The molecule has 0 spiro atoms. The van der Waals surface area contributed by atoms with E-state index in [1.54, 1.807) is 6.07 Å². The molecular formula is C20H21FN2O2. The number of carbonyl (C=O) groups excluding carboxylic acids is 2. The van der Waals surface area contributed by atoms with Crippen molar-refractivity contribution in [3.8, 4) is 0 Å². The second kappa shape index (κ2) is 7.92. The monoisotopic (exact) mass is 340 g/mol. The Morgan fingerprint density at radius 2 is 1.72 bits per heavy atom. The van der Waals surface area contributed by atoms with Gasteiger partial charge in [0.25, 0.3) is 5.91 Å². The van der Waals surface area contributed by atoms with E-state index in [-0.39, 0.29) is 23.9 Å². The molecule has 4 nitrogen and oxygen atoms in total. The lowest BCUT2D eigenvalue weighted by Crippen LogP contribution is -2.37. The van der Waals surface area contributed by atoms with Crippen LogP contribution in [0.2, 0.25) is 0 Å². The summed E-state index contributed by atoms with van der Waals surface area (Å²) in [5.74, 6) is -1.18. The van der Waals surface area contributed by atoms with Crippen molar-refractivity contribution in [1.29, 1.82) is 0 Å². The van der Waals surface area contributed by atoms with E-state index in [1.165, 1.54) is 23.8 Å². The van der Waals surface area contributed by atoms with Gasteiger partial charge in [0.15, 0.2) is 0 Å². The second-order valence-corrected chi connectivity index (χ2v) is 6.17. The first kappa shape index (κ1) is 17.1. The van der Waals surface area contributed by atoms with Gasteiger partial charge in [-0.05, 0) is 42.5 Å². The van der Waals surface area contributed by atoms with Crippen LogP contribution in [0.4, 0.5) is 4.39 Å². The highest BCUT2D eigenvalue weighted by Gasteiger charge is 2.25. The van der Waals surface area contributed by atoms with Crippen LogP contribution in [0.15, 0.2) is 48.5 Å². The highest BCUT2D eigenvalue weighted by molar-refractivity contribution is 5.94. The Hall–Kier alpha value is -2.69. The number of carbonyl (C=O) groups is 2. The fourth-order valence-electron chi connectivity index (χ4n) is 3.25. The summed E-state index contributed by atoms with van der Waals surface area (Å²) in [5.41, 5.74) is 2.35. The van der Waals surface area contributed by atoms with E-state index in [4.69, 9.17) is 0 Å². The number of halogens is 1. The van der Waals surface area contributed by atoms with Crippen molar-refractivity contribution >= 4 is 11.8 Å². The molecular weight excluding hydrogens is 319 g/mol. The number of rotatable bonds is 5. The first-order chi connectivity index (χ1) is 12.2. The van der Waals surface area contributed by atoms with Crippen molar-refractivity contribution < 1.29 is 14.0 Å². The van der Waals surface area contributed by atoms with E-state index in [0.717, 1.165) is 24.8 Å². The molecule has 5 heteroatoms. The minimum absolute atomic E-state index is 0.00929. The summed E-state index contributed by atoms with van der Waals surface area (Å²) in [7, 11) is 0. The first-order valence-corrected chi connectivity index (χ1v) is 8.55. The molecule has 0 aromatic heterocycles. The fourth-order valence-corrected chi connectivity index (χ4v) is 3.25. The van der Waals surface area contributed by atoms with Gasteiger partial charge in [0.1, 0.15) is 5.82 Å². The molecule has 1 aliphatic rings. The SMILES string of the molecule is O=C(NCCNC(=O)[C@H]1CCCc2ccccc21)c1ccccc1F. The maximum Gasteiger partial charge on any atom is 0.254 e. The van der Waals surface area contributed by atoms with Crippen molar-refractivity contribution in [3.63, 3.8) is 0 Å². The van der Waals surface area contributed by atoms with Gasteiger partial charge in [0, 0.05) is 13.1 Å². The Bertz CT molecular complexity index is 776. The van der Waals surface area contributed by atoms with E-state index < -0.39 is 11.7 Å². The van der Waals surface area contributed by atoms with Gasteiger partial charge in [-0.25, -0.2) is 4.39 Å². The maximum absolute atomic E-state index is 13.5. The lowest BCUT2D eigenvalue weighted by atomic mass is 9.82. The second-order valence-electron chi connectivity index (χ2n) is 6.17. The molecule has 3 rings (SSSR count). The summed E-state index contributed by atoms with van der Waals surface area (Å²) >= 11 is 0. The number of amides is 2. The fraction of sp³-hybridized carbons (Fsp3) is 0.300. The van der Waals surface area contributed by atoms with Gasteiger partial charge in [-0.1, -0.05) is 36.4 Å². The summed E-state index contributed by atoms with van der Waals surface area (Å²) in [6.45, 7) is 0.574. The highest BCUT2D eigenvalue weighted by atomic mass is 19.1. The predicted molar refractivity (Wildman–Crippen MR) is 93.9 cm³/mol. The first-order valence-electron chi connectivity index (χ1n) is 8.55. The molecule has 2 amide bonds. The number of aryl methyl sites for hydroxylation is 1. The third-order valence-electron chi connectivity index (χ3n) is 4.51. The number of hydrogen-bond acceptors (Lipinski definition) is 2. The molecule has 0 heterocycles. The molecule has 2 aromatic rings. The molecule has 25 heavy (non-hydrogen) atoms. The van der Waals surface area contributed by atoms with Crippen LogP contribution in [0.3, 0.4) is 0 Å². The quantitative estimate of drug-likeness (QED) is 0.823. The molecule has 0 radical (unpaired) electrons. The van der Waals surface area contributed by atoms with E-state index in [1.807, 2.05) is 18.2 Å². The molecule has 2 aromatic carbocycles. The van der Waals surface area contributed by atoms with E-state index >= 15 is 0 Å². The molecule has 1 atom stereocenters. The molecule has 0 fully saturated rings. The van der Waals surface area contributed by atoms with Gasteiger partial charge < -0.3 is 10.6 Å². The summed E-state index contributed by atoms with van der Waals surface area (Å²) in [6, 6.07) is 13.9. The average molecular weight is 340 g/mol. The van der Waals surface area contributed by atoms with Crippen molar-refractivity contribution in [3.05, 3.63) is 71.0 Å². The summed E-state index contributed by atoms with van der Waals surface area (Å²) in [4.78, 5) is 24.4. The molecule has 0 saturated carbocycles. The Kier molecular flexibility index (Phi) is 5.43. The van der Waals surface area contributed by atoms with E-state index in [9.17, 15) is 14.0 Å². The van der Waals surface area contributed by atoms with Crippen LogP contribution in [-0.4, -0.2) is 24.9 Å². The number of benzene rings is 2. The van der Waals surface area contributed by atoms with Gasteiger partial charge >= 0.3 is 0 Å². The molecule has 0 aliphatic heterocycles. The minimum Gasteiger partial charge on any atom is -0.354 e. The van der Waals surface area contributed by atoms with Crippen LogP contribution in [0.5, 0.6) is 0 Å². The van der Waals surface area contributed by atoms with Gasteiger partial charge in [0.2, 0.25) is 5.91 Å². The number of fused-ring (bicyclic) bond motifs is 1. The van der Waals surface area contributed by atoms with Crippen LogP contribution in [0.1, 0.15) is 40.2 Å². The molecule has 0 saturated heterocycles. The number of hydrogen-bond donors (Lipinski definition) is 2. The smallest absolute Gasteiger partial charge is 0.254 e. The lowest BCUT2D eigenvalue weighted by Gasteiger charge is -2.24. The standard InChI is InChI=1S/C20H21FN2O2/c21-18-11-4-3-9-17(18)20(25)23-13-12-22-19(24)16-10-5-7-14-6-1-2-8-15(14)16/h1-4,6,8-9,11,16H,5,7,10,12-13H2,(H,22,24)(H,23,25)/t16-/m0/s1. The van der Waals surface area contributed by atoms with Crippen molar-refractivity contribution in [2.45, 2.75) is 25.2 Å². The van der Waals surface area contributed by atoms with Crippen molar-refractivity contribution in [2.24, 2.45) is 0 Å². The largest absolute Gasteiger partial charge is 0.354 e. The zero-order valence-electron chi connectivity index (χ0n) is 13.9. The maximum atomic E-state index is 13.5. The van der Waals surface area contributed by atoms with Gasteiger partial charge in [0.05, 0.1) is 11.5 Å². The normalized spacial score (nSPS) is 16.0. The van der Waals surface area contributed by atoms with Gasteiger partial charge in [-0.3, -0.25) is 9.59 Å². The summed E-state index contributed by atoms with van der Waals surface area (Å²) in [5, 5.41) is 5.49. The van der Waals surface area contributed by atoms with Crippen molar-refractivity contribution in [2.75, 3.05) is 13.1 Å². The lowest BCUT2D eigenvalue weighted by molar-refractivity contribution is -0.122. The summed E-state index contributed by atoms with van der Waals surface area (Å²) < 4.78 is 13.5. The molecule has 1 aliphatic carbocycles. The third-order valence-corrected chi connectivity index (χ3v) is 4.51. The Morgan fingerprint density at radius 1 is 1.00 bits per heavy atom. The van der Waals surface area contributed by atoms with Crippen LogP contribution < -0.4 is 10.6 Å².